The molecular formula is C23H29N3O5S. The van der Waals surface area contributed by atoms with Gasteiger partial charge in [0.2, 0.25) is 10.0 Å². The average Bonchev–Trinajstić information content (AvgIpc) is 3.38. The molecule has 9 heteroatoms. The normalized spacial score (nSPS) is 17.4. The Kier molecular flexibility index (Phi) is 6.57. The van der Waals surface area contributed by atoms with Gasteiger partial charge in [0.1, 0.15) is 11.5 Å². The summed E-state index contributed by atoms with van der Waals surface area (Å²) in [6.07, 6.45) is 1.92. The first-order valence-electron chi connectivity index (χ1n) is 10.8. The number of likely N-dealkylation sites (tertiary alicyclic amines) is 1. The van der Waals surface area contributed by atoms with Gasteiger partial charge in [0, 0.05) is 39.3 Å². The van der Waals surface area contributed by atoms with E-state index in [0.29, 0.717) is 50.6 Å². The maximum absolute atomic E-state index is 13.4. The number of benzene rings is 2. The summed E-state index contributed by atoms with van der Waals surface area (Å²) >= 11 is 0. The summed E-state index contributed by atoms with van der Waals surface area (Å²) in [5.41, 5.74) is 1.25. The summed E-state index contributed by atoms with van der Waals surface area (Å²) in [7, 11) is -0.622. The molecule has 0 spiro atoms. The number of carbonyl (C=O) groups excluding carboxylic acids is 1. The van der Waals surface area contributed by atoms with Crippen molar-refractivity contribution in [1.29, 1.82) is 0 Å². The van der Waals surface area contributed by atoms with E-state index in [2.05, 4.69) is 4.90 Å². The van der Waals surface area contributed by atoms with Crippen LogP contribution in [0.2, 0.25) is 0 Å². The molecule has 1 amide bonds. The zero-order chi connectivity index (χ0) is 22.7. The van der Waals surface area contributed by atoms with Gasteiger partial charge >= 0.3 is 0 Å². The lowest BCUT2D eigenvalue weighted by Crippen LogP contribution is -2.48. The van der Waals surface area contributed by atoms with Crippen LogP contribution < -0.4 is 14.4 Å². The Balaban J connectivity index is 1.54. The van der Waals surface area contributed by atoms with Gasteiger partial charge in [-0.05, 0) is 43.2 Å². The maximum atomic E-state index is 13.4. The molecule has 32 heavy (non-hydrogen) atoms. The topological polar surface area (TPSA) is 79.4 Å². The second-order valence-electron chi connectivity index (χ2n) is 7.92. The molecule has 0 unspecified atom stereocenters. The molecule has 2 fully saturated rings. The predicted octanol–water partition coefficient (Wildman–Crippen LogP) is 2.45. The molecular weight excluding hydrogens is 430 g/mol. The molecule has 0 aliphatic carbocycles. The number of anilines is 1. The molecule has 0 saturated carbocycles. The van der Waals surface area contributed by atoms with Gasteiger partial charge in [0.15, 0.2) is 0 Å². The second-order valence-corrected chi connectivity index (χ2v) is 9.86. The molecule has 2 heterocycles. The first-order chi connectivity index (χ1) is 15.5. The SMILES string of the molecule is COc1ccc(S(=O)(=O)N2CCN(c3ccccc3OC)CC2)cc1C(=O)N1CCCC1. The molecule has 0 N–H and O–H groups in total. The van der Waals surface area contributed by atoms with Crippen molar-refractivity contribution in [2.45, 2.75) is 17.7 Å². The summed E-state index contributed by atoms with van der Waals surface area (Å²) in [6, 6.07) is 12.3. The highest BCUT2D eigenvalue weighted by Gasteiger charge is 2.31. The number of hydrogen-bond acceptors (Lipinski definition) is 6. The molecule has 2 saturated heterocycles. The first-order valence-corrected chi connectivity index (χ1v) is 12.2. The largest absolute Gasteiger partial charge is 0.496 e. The molecule has 2 aliphatic heterocycles. The number of amides is 1. The fraction of sp³-hybridized carbons (Fsp3) is 0.435. The van der Waals surface area contributed by atoms with Gasteiger partial charge in [-0.1, -0.05) is 12.1 Å². The standard InChI is InChI=1S/C23H29N3O5S/c1-30-21-10-9-18(17-19(21)23(27)25-11-5-6-12-25)32(28,29)26-15-13-24(14-16-26)20-7-3-4-8-22(20)31-2/h3-4,7-10,17H,5-6,11-16H2,1-2H3. The van der Waals surface area contributed by atoms with Crippen LogP contribution in [0.3, 0.4) is 0 Å². The van der Waals surface area contributed by atoms with E-state index in [1.807, 2.05) is 24.3 Å². The molecule has 0 bridgehead atoms. The molecule has 4 rings (SSSR count). The Morgan fingerprint density at radius 3 is 2.16 bits per heavy atom. The van der Waals surface area contributed by atoms with Crippen molar-refractivity contribution < 1.29 is 22.7 Å². The van der Waals surface area contributed by atoms with Crippen LogP contribution in [-0.2, 0) is 10.0 Å². The molecule has 2 aromatic carbocycles. The van der Waals surface area contributed by atoms with Gasteiger partial charge in [0.05, 0.1) is 30.4 Å². The third-order valence-electron chi connectivity index (χ3n) is 6.10. The van der Waals surface area contributed by atoms with E-state index >= 15 is 0 Å². The Hall–Kier alpha value is -2.78. The number of para-hydroxylation sites is 2. The zero-order valence-electron chi connectivity index (χ0n) is 18.5. The molecule has 0 radical (unpaired) electrons. The predicted molar refractivity (Wildman–Crippen MR) is 122 cm³/mol. The van der Waals surface area contributed by atoms with Gasteiger partial charge in [-0.3, -0.25) is 4.79 Å². The monoisotopic (exact) mass is 459 g/mol. The zero-order valence-corrected chi connectivity index (χ0v) is 19.3. The van der Waals surface area contributed by atoms with E-state index in [1.54, 1.807) is 18.1 Å². The number of methoxy groups -OCH3 is 2. The van der Waals surface area contributed by atoms with E-state index in [0.717, 1.165) is 24.3 Å². The number of ether oxygens (including phenoxy) is 2. The number of sulfonamides is 1. The Morgan fingerprint density at radius 2 is 1.50 bits per heavy atom. The highest BCUT2D eigenvalue weighted by molar-refractivity contribution is 7.89. The lowest BCUT2D eigenvalue weighted by molar-refractivity contribution is 0.0789. The van der Waals surface area contributed by atoms with Gasteiger partial charge in [0.25, 0.3) is 5.91 Å². The van der Waals surface area contributed by atoms with Gasteiger partial charge < -0.3 is 19.3 Å². The van der Waals surface area contributed by atoms with Crippen LogP contribution in [0, 0.1) is 0 Å². The van der Waals surface area contributed by atoms with Crippen molar-refractivity contribution in [2.75, 3.05) is 58.4 Å². The van der Waals surface area contributed by atoms with Gasteiger partial charge in [-0.15, -0.1) is 0 Å². The van der Waals surface area contributed by atoms with Gasteiger partial charge in [-0.2, -0.15) is 4.31 Å². The van der Waals surface area contributed by atoms with Crippen molar-refractivity contribution in [3.05, 3.63) is 48.0 Å². The smallest absolute Gasteiger partial charge is 0.257 e. The van der Waals surface area contributed by atoms with E-state index in [-0.39, 0.29) is 10.8 Å². The summed E-state index contributed by atoms with van der Waals surface area (Å²) in [4.78, 5) is 17.0. The van der Waals surface area contributed by atoms with Crippen molar-refractivity contribution in [3.8, 4) is 11.5 Å². The van der Waals surface area contributed by atoms with Crippen molar-refractivity contribution in [3.63, 3.8) is 0 Å². The van der Waals surface area contributed by atoms with Crippen molar-refractivity contribution in [2.24, 2.45) is 0 Å². The van der Waals surface area contributed by atoms with Crippen LogP contribution in [0.25, 0.3) is 0 Å². The molecule has 2 aliphatic rings. The molecule has 8 nitrogen and oxygen atoms in total. The number of hydrogen-bond donors (Lipinski definition) is 0. The van der Waals surface area contributed by atoms with Crippen LogP contribution in [-0.4, -0.2) is 77.0 Å². The number of nitrogens with zero attached hydrogens (tertiary/aromatic N) is 3. The number of carbonyl (C=O) groups is 1. The minimum Gasteiger partial charge on any atom is -0.496 e. The van der Waals surface area contributed by atoms with E-state index < -0.39 is 10.0 Å². The van der Waals surface area contributed by atoms with Crippen LogP contribution in [0.4, 0.5) is 5.69 Å². The number of piperazine rings is 1. The van der Waals surface area contributed by atoms with E-state index in [1.165, 1.54) is 23.5 Å². The lowest BCUT2D eigenvalue weighted by atomic mass is 10.1. The van der Waals surface area contributed by atoms with Crippen LogP contribution in [0.1, 0.15) is 23.2 Å². The third kappa shape index (κ3) is 4.27. The fourth-order valence-corrected chi connectivity index (χ4v) is 5.76. The summed E-state index contributed by atoms with van der Waals surface area (Å²) in [6.45, 7) is 3.17. The van der Waals surface area contributed by atoms with Crippen LogP contribution in [0.15, 0.2) is 47.4 Å². The Labute approximate surface area is 189 Å². The lowest BCUT2D eigenvalue weighted by Gasteiger charge is -2.36. The molecule has 0 aromatic heterocycles. The highest BCUT2D eigenvalue weighted by Crippen LogP contribution is 2.31. The van der Waals surface area contributed by atoms with Crippen LogP contribution >= 0.6 is 0 Å². The molecule has 172 valence electrons. The Bertz CT molecular complexity index is 1070. The van der Waals surface area contributed by atoms with Gasteiger partial charge in [-0.25, -0.2) is 8.42 Å². The van der Waals surface area contributed by atoms with E-state index in [4.69, 9.17) is 9.47 Å². The minimum atomic E-state index is -3.74. The van der Waals surface area contributed by atoms with Crippen molar-refractivity contribution in [1.82, 2.24) is 9.21 Å². The third-order valence-corrected chi connectivity index (χ3v) is 7.99. The highest BCUT2D eigenvalue weighted by atomic mass is 32.2. The minimum absolute atomic E-state index is 0.117. The van der Waals surface area contributed by atoms with E-state index in [9.17, 15) is 13.2 Å². The summed E-state index contributed by atoms with van der Waals surface area (Å²) in [5, 5.41) is 0. The molecule has 0 atom stereocenters. The summed E-state index contributed by atoms with van der Waals surface area (Å²) < 4.78 is 39.0. The summed E-state index contributed by atoms with van der Waals surface area (Å²) in [5.74, 6) is 0.975. The quantitative estimate of drug-likeness (QED) is 0.660. The first kappa shape index (κ1) is 22.4. The maximum Gasteiger partial charge on any atom is 0.257 e. The second kappa shape index (κ2) is 9.38. The number of rotatable bonds is 6. The van der Waals surface area contributed by atoms with Crippen molar-refractivity contribution >= 4 is 21.6 Å². The Morgan fingerprint density at radius 1 is 0.844 bits per heavy atom. The molecule has 2 aromatic rings. The average molecular weight is 460 g/mol. The van der Waals surface area contributed by atoms with Crippen LogP contribution in [0.5, 0.6) is 11.5 Å². The fourth-order valence-electron chi connectivity index (χ4n) is 4.31.